The van der Waals surface area contributed by atoms with Gasteiger partial charge in [0, 0.05) is 59.4 Å². The Bertz CT molecular complexity index is 1400. The third-order valence-corrected chi connectivity index (χ3v) is 7.60. The Hall–Kier alpha value is -3.36. The van der Waals surface area contributed by atoms with Crippen LogP contribution >= 0.6 is 0 Å². The third-order valence-electron chi connectivity index (χ3n) is 7.60. The van der Waals surface area contributed by atoms with Crippen molar-refractivity contribution in [2.24, 2.45) is 14.1 Å². The minimum absolute atomic E-state index is 0.153. The largest absolute Gasteiger partial charge is 0.471 e. The van der Waals surface area contributed by atoms with E-state index < -0.39 is 5.60 Å². The number of ether oxygens (including phenoxy) is 1. The quantitative estimate of drug-likeness (QED) is 0.559. The molecule has 3 aromatic rings. The van der Waals surface area contributed by atoms with Gasteiger partial charge in [-0.1, -0.05) is 12.1 Å². The second-order valence-corrected chi connectivity index (χ2v) is 9.80. The maximum Gasteiger partial charge on any atom is 0.333 e. The van der Waals surface area contributed by atoms with Crippen LogP contribution in [0, 0.1) is 0 Å². The standard InChI is InChI=1S/C26H33N5O4/c1-4-31-20-10-6-5-9-19(20)27-21(31)11-7-12-22(32)30-15-8-13-26(14-16-30)17-18-23(33)28(2)25(34)29(3)24(18)35-26/h5-6,9-10H,4,7-8,11-17H2,1-3H3/t26-/m0/s1. The van der Waals surface area contributed by atoms with Gasteiger partial charge in [-0.3, -0.25) is 18.7 Å². The van der Waals surface area contributed by atoms with Crippen LogP contribution in [0.1, 0.15) is 50.4 Å². The van der Waals surface area contributed by atoms with Gasteiger partial charge < -0.3 is 14.2 Å². The molecule has 1 atom stereocenters. The summed E-state index contributed by atoms with van der Waals surface area (Å²) in [5.74, 6) is 1.57. The first-order valence-corrected chi connectivity index (χ1v) is 12.5. The number of hydrogen-bond donors (Lipinski definition) is 0. The number of hydrogen-bond acceptors (Lipinski definition) is 5. The zero-order valence-electron chi connectivity index (χ0n) is 20.7. The Balaban J connectivity index is 1.21. The summed E-state index contributed by atoms with van der Waals surface area (Å²) in [5.41, 5.74) is 1.51. The van der Waals surface area contributed by atoms with Gasteiger partial charge in [0.25, 0.3) is 5.56 Å². The number of rotatable bonds is 5. The van der Waals surface area contributed by atoms with Crippen LogP contribution in [0.15, 0.2) is 33.9 Å². The molecule has 2 aliphatic heterocycles. The van der Waals surface area contributed by atoms with E-state index in [9.17, 15) is 14.4 Å². The molecule has 2 aromatic heterocycles. The number of nitrogens with zero attached hydrogens (tertiary/aromatic N) is 5. The van der Waals surface area contributed by atoms with Crippen molar-refractivity contribution in [2.75, 3.05) is 13.1 Å². The second kappa shape index (κ2) is 9.02. The van der Waals surface area contributed by atoms with Gasteiger partial charge in [-0.25, -0.2) is 9.78 Å². The molecule has 1 spiro atoms. The number of carbonyl (C=O) groups excluding carboxylic acids is 1. The Kier molecular flexibility index (Phi) is 6.02. The van der Waals surface area contributed by atoms with Crippen LogP contribution in [0.25, 0.3) is 11.0 Å². The smallest absolute Gasteiger partial charge is 0.333 e. The number of aromatic nitrogens is 4. The van der Waals surface area contributed by atoms with Crippen molar-refractivity contribution in [3.63, 3.8) is 0 Å². The molecule has 0 aliphatic carbocycles. The SMILES string of the molecule is CCn1c(CCCC(=O)N2CCC[C@]3(CC2)Cc2c(n(C)c(=O)n(C)c2=O)O3)nc2ccccc21. The second-order valence-electron chi connectivity index (χ2n) is 9.80. The van der Waals surface area contributed by atoms with Crippen molar-refractivity contribution >= 4 is 16.9 Å². The van der Waals surface area contributed by atoms with Crippen molar-refractivity contribution in [3.8, 4) is 5.88 Å². The molecule has 5 rings (SSSR count). The summed E-state index contributed by atoms with van der Waals surface area (Å²) in [4.78, 5) is 44.7. The van der Waals surface area contributed by atoms with E-state index in [0.29, 0.717) is 43.8 Å². The first-order valence-electron chi connectivity index (χ1n) is 12.5. The van der Waals surface area contributed by atoms with Crippen molar-refractivity contribution < 1.29 is 9.53 Å². The fraction of sp³-hybridized carbons (Fsp3) is 0.538. The highest BCUT2D eigenvalue weighted by molar-refractivity contribution is 5.77. The topological polar surface area (TPSA) is 91.4 Å². The Morgan fingerprint density at radius 3 is 2.71 bits per heavy atom. The minimum Gasteiger partial charge on any atom is -0.471 e. The normalized spacial score (nSPS) is 19.7. The van der Waals surface area contributed by atoms with Gasteiger partial charge in [0.1, 0.15) is 11.4 Å². The van der Waals surface area contributed by atoms with Crippen molar-refractivity contribution in [1.82, 2.24) is 23.6 Å². The molecule has 9 heteroatoms. The number of para-hydroxylation sites is 2. The van der Waals surface area contributed by atoms with Gasteiger partial charge >= 0.3 is 5.69 Å². The lowest BCUT2D eigenvalue weighted by Crippen LogP contribution is -2.38. The predicted molar refractivity (Wildman–Crippen MR) is 133 cm³/mol. The van der Waals surface area contributed by atoms with Gasteiger partial charge in [-0.05, 0) is 38.3 Å². The fourth-order valence-corrected chi connectivity index (χ4v) is 5.66. The maximum absolute atomic E-state index is 13.0. The van der Waals surface area contributed by atoms with Crippen LogP contribution in [0.4, 0.5) is 0 Å². The van der Waals surface area contributed by atoms with E-state index >= 15 is 0 Å². The predicted octanol–water partition coefficient (Wildman–Crippen LogP) is 2.16. The third kappa shape index (κ3) is 4.06. The highest BCUT2D eigenvalue weighted by Crippen LogP contribution is 2.38. The van der Waals surface area contributed by atoms with E-state index in [-0.39, 0.29) is 17.2 Å². The molecule has 0 radical (unpaired) electrons. The van der Waals surface area contributed by atoms with Crippen LogP contribution in [-0.4, -0.2) is 48.2 Å². The number of fused-ring (bicyclic) bond motifs is 2. The number of amides is 1. The number of likely N-dealkylation sites (tertiary alicyclic amines) is 1. The molecule has 1 aromatic carbocycles. The molecular weight excluding hydrogens is 446 g/mol. The zero-order valence-corrected chi connectivity index (χ0v) is 20.7. The molecular formula is C26H33N5O4. The van der Waals surface area contributed by atoms with Crippen LogP contribution in [0.3, 0.4) is 0 Å². The first kappa shape index (κ1) is 23.4. The highest BCUT2D eigenvalue weighted by Gasteiger charge is 2.44. The molecule has 0 bridgehead atoms. The number of imidazole rings is 1. The van der Waals surface area contributed by atoms with E-state index in [1.807, 2.05) is 23.1 Å². The summed E-state index contributed by atoms with van der Waals surface area (Å²) in [6.07, 6.45) is 4.69. The van der Waals surface area contributed by atoms with E-state index in [2.05, 4.69) is 17.6 Å². The molecule has 186 valence electrons. The van der Waals surface area contributed by atoms with Gasteiger partial charge in [0.15, 0.2) is 0 Å². The van der Waals surface area contributed by atoms with Crippen LogP contribution < -0.4 is 16.0 Å². The zero-order chi connectivity index (χ0) is 24.7. The molecule has 1 amide bonds. The summed E-state index contributed by atoms with van der Waals surface area (Å²) in [6, 6.07) is 8.14. The molecule has 0 saturated carbocycles. The number of aryl methyl sites for hydroxylation is 2. The van der Waals surface area contributed by atoms with Crippen LogP contribution in [0.2, 0.25) is 0 Å². The van der Waals surface area contributed by atoms with Crippen LogP contribution in [-0.2, 0) is 38.3 Å². The summed E-state index contributed by atoms with van der Waals surface area (Å²) in [6.45, 7) is 4.25. The molecule has 35 heavy (non-hydrogen) atoms. The van der Waals surface area contributed by atoms with Crippen molar-refractivity contribution in [2.45, 2.75) is 64.0 Å². The summed E-state index contributed by atoms with van der Waals surface area (Å²) < 4.78 is 11.1. The first-order chi connectivity index (χ1) is 16.8. The molecule has 0 N–H and O–H groups in total. The summed E-state index contributed by atoms with van der Waals surface area (Å²) >= 11 is 0. The average molecular weight is 480 g/mol. The molecule has 1 saturated heterocycles. The number of carbonyl (C=O) groups is 1. The minimum atomic E-state index is -0.527. The Morgan fingerprint density at radius 2 is 1.91 bits per heavy atom. The molecule has 1 fully saturated rings. The Morgan fingerprint density at radius 1 is 1.11 bits per heavy atom. The molecule has 0 unspecified atom stereocenters. The summed E-state index contributed by atoms with van der Waals surface area (Å²) in [5, 5.41) is 0. The summed E-state index contributed by atoms with van der Waals surface area (Å²) in [7, 11) is 3.14. The molecule has 2 aliphatic rings. The highest BCUT2D eigenvalue weighted by atomic mass is 16.5. The Labute approximate surface area is 203 Å². The van der Waals surface area contributed by atoms with Gasteiger partial charge in [0.05, 0.1) is 16.6 Å². The number of benzene rings is 1. The van der Waals surface area contributed by atoms with E-state index in [1.54, 1.807) is 7.05 Å². The van der Waals surface area contributed by atoms with Crippen molar-refractivity contribution in [1.29, 1.82) is 0 Å². The average Bonchev–Trinajstić information content (AvgIpc) is 3.34. The van der Waals surface area contributed by atoms with E-state index in [4.69, 9.17) is 9.72 Å². The molecule has 4 heterocycles. The van der Waals surface area contributed by atoms with E-state index in [1.165, 1.54) is 11.6 Å². The monoisotopic (exact) mass is 479 g/mol. The van der Waals surface area contributed by atoms with Gasteiger partial charge in [-0.15, -0.1) is 0 Å². The van der Waals surface area contributed by atoms with E-state index in [0.717, 1.165) is 53.7 Å². The van der Waals surface area contributed by atoms with Crippen LogP contribution in [0.5, 0.6) is 5.88 Å². The van der Waals surface area contributed by atoms with Crippen molar-refractivity contribution in [3.05, 3.63) is 56.5 Å². The lowest BCUT2D eigenvalue weighted by atomic mass is 9.90. The lowest BCUT2D eigenvalue weighted by Gasteiger charge is -2.27. The maximum atomic E-state index is 13.0. The molecule has 9 nitrogen and oxygen atoms in total. The van der Waals surface area contributed by atoms with Gasteiger partial charge in [0.2, 0.25) is 11.8 Å². The lowest BCUT2D eigenvalue weighted by molar-refractivity contribution is -0.131. The fourth-order valence-electron chi connectivity index (χ4n) is 5.66. The van der Waals surface area contributed by atoms with Gasteiger partial charge in [-0.2, -0.15) is 0 Å².